The van der Waals surface area contributed by atoms with Crippen molar-refractivity contribution < 1.29 is 13.6 Å². The molecule has 0 atom stereocenters. The third-order valence-corrected chi connectivity index (χ3v) is 4.42. The van der Waals surface area contributed by atoms with Crippen molar-refractivity contribution >= 4 is 16.8 Å². The number of hydrogen-bond acceptors (Lipinski definition) is 2. The van der Waals surface area contributed by atoms with Crippen molar-refractivity contribution in [3.05, 3.63) is 77.5 Å². The van der Waals surface area contributed by atoms with Crippen LogP contribution in [0, 0.1) is 11.6 Å². The molecule has 1 aliphatic carbocycles. The van der Waals surface area contributed by atoms with Gasteiger partial charge >= 0.3 is 0 Å². The first-order valence-electron chi connectivity index (χ1n) is 8.22. The number of para-hydroxylation sites is 1. The van der Waals surface area contributed by atoms with Crippen LogP contribution in [0.3, 0.4) is 0 Å². The Morgan fingerprint density at radius 1 is 1.08 bits per heavy atom. The lowest BCUT2D eigenvalue weighted by Crippen LogP contribution is -2.33. The SMILES string of the molecule is O=C(c1ccc2ccccc2n1)N(Cc1ccc(F)cc1F)C1CC1. The second-order valence-electron chi connectivity index (χ2n) is 6.29. The summed E-state index contributed by atoms with van der Waals surface area (Å²) in [5.41, 5.74) is 1.40. The Kier molecular flexibility index (Phi) is 3.92. The molecule has 3 aromatic rings. The zero-order valence-electron chi connectivity index (χ0n) is 13.5. The number of hydrogen-bond donors (Lipinski definition) is 0. The van der Waals surface area contributed by atoms with Crippen molar-refractivity contribution in [2.75, 3.05) is 0 Å². The van der Waals surface area contributed by atoms with E-state index in [2.05, 4.69) is 4.98 Å². The highest BCUT2D eigenvalue weighted by Gasteiger charge is 2.34. The van der Waals surface area contributed by atoms with Gasteiger partial charge in [-0.2, -0.15) is 0 Å². The van der Waals surface area contributed by atoms with E-state index in [0.29, 0.717) is 11.3 Å². The highest BCUT2D eigenvalue weighted by atomic mass is 19.1. The van der Waals surface area contributed by atoms with E-state index in [9.17, 15) is 13.6 Å². The molecule has 0 spiro atoms. The van der Waals surface area contributed by atoms with Gasteiger partial charge < -0.3 is 4.90 Å². The largest absolute Gasteiger partial charge is 0.330 e. The lowest BCUT2D eigenvalue weighted by atomic mass is 10.1. The van der Waals surface area contributed by atoms with Crippen molar-refractivity contribution in [2.24, 2.45) is 0 Å². The normalized spacial score (nSPS) is 13.8. The second kappa shape index (κ2) is 6.24. The predicted octanol–water partition coefficient (Wildman–Crippen LogP) is 4.32. The zero-order valence-corrected chi connectivity index (χ0v) is 13.5. The van der Waals surface area contributed by atoms with Crippen LogP contribution in [0.1, 0.15) is 28.9 Å². The summed E-state index contributed by atoms with van der Waals surface area (Å²) in [7, 11) is 0. The van der Waals surface area contributed by atoms with Crippen LogP contribution in [0.25, 0.3) is 10.9 Å². The molecule has 1 amide bonds. The number of aromatic nitrogens is 1. The van der Waals surface area contributed by atoms with E-state index in [1.807, 2.05) is 30.3 Å². The van der Waals surface area contributed by atoms with Gasteiger partial charge in [0.1, 0.15) is 17.3 Å². The van der Waals surface area contributed by atoms with Crippen LogP contribution in [0.5, 0.6) is 0 Å². The van der Waals surface area contributed by atoms with Crippen molar-refractivity contribution in [2.45, 2.75) is 25.4 Å². The Balaban J connectivity index is 1.64. The molecule has 1 saturated carbocycles. The summed E-state index contributed by atoms with van der Waals surface area (Å²) in [6, 6.07) is 14.7. The van der Waals surface area contributed by atoms with Gasteiger partial charge in [-0.1, -0.05) is 30.3 Å². The minimum atomic E-state index is -0.634. The van der Waals surface area contributed by atoms with Crippen LogP contribution < -0.4 is 0 Å². The Morgan fingerprint density at radius 2 is 1.88 bits per heavy atom. The van der Waals surface area contributed by atoms with Crippen LogP contribution in [0.15, 0.2) is 54.6 Å². The molecule has 0 N–H and O–H groups in total. The van der Waals surface area contributed by atoms with Gasteiger partial charge in [-0.25, -0.2) is 13.8 Å². The first-order valence-corrected chi connectivity index (χ1v) is 8.22. The van der Waals surface area contributed by atoms with Gasteiger partial charge in [0, 0.05) is 29.6 Å². The third-order valence-electron chi connectivity index (χ3n) is 4.42. The molecule has 3 nitrogen and oxygen atoms in total. The van der Waals surface area contributed by atoms with E-state index >= 15 is 0 Å². The van der Waals surface area contributed by atoms with Crippen LogP contribution in [0.4, 0.5) is 8.78 Å². The van der Waals surface area contributed by atoms with Crippen molar-refractivity contribution in [3.63, 3.8) is 0 Å². The summed E-state index contributed by atoms with van der Waals surface area (Å²) in [6.07, 6.45) is 1.78. The average Bonchev–Trinajstić information content (AvgIpc) is 3.45. The van der Waals surface area contributed by atoms with E-state index < -0.39 is 11.6 Å². The number of carbonyl (C=O) groups is 1. The maximum atomic E-state index is 14.0. The number of carbonyl (C=O) groups excluding carboxylic acids is 1. The van der Waals surface area contributed by atoms with Gasteiger partial charge in [0.25, 0.3) is 5.91 Å². The fourth-order valence-corrected chi connectivity index (χ4v) is 2.92. The molecule has 0 unspecified atom stereocenters. The molecule has 25 heavy (non-hydrogen) atoms. The summed E-state index contributed by atoms with van der Waals surface area (Å²) in [5.74, 6) is -1.48. The number of amides is 1. The maximum absolute atomic E-state index is 14.0. The Hall–Kier alpha value is -2.82. The minimum absolute atomic E-state index is 0.0882. The third kappa shape index (κ3) is 3.22. The summed E-state index contributed by atoms with van der Waals surface area (Å²) in [4.78, 5) is 19.0. The molecule has 2 aromatic carbocycles. The van der Waals surface area contributed by atoms with Crippen molar-refractivity contribution in [1.29, 1.82) is 0 Å². The van der Waals surface area contributed by atoms with Gasteiger partial charge in [-0.15, -0.1) is 0 Å². The van der Waals surface area contributed by atoms with E-state index in [0.717, 1.165) is 29.8 Å². The van der Waals surface area contributed by atoms with E-state index in [-0.39, 0.29) is 18.5 Å². The Bertz CT molecular complexity index is 953. The fraction of sp³-hybridized carbons (Fsp3) is 0.200. The standard InChI is InChI=1S/C20H16F2N2O/c21-15-7-5-14(17(22)11-15)12-24(16-8-9-16)20(25)19-10-6-13-3-1-2-4-18(13)23-19/h1-7,10-11,16H,8-9,12H2. The molecule has 5 heteroatoms. The lowest BCUT2D eigenvalue weighted by Gasteiger charge is -2.22. The molecule has 0 bridgehead atoms. The minimum Gasteiger partial charge on any atom is -0.330 e. The molecule has 0 radical (unpaired) electrons. The first kappa shape index (κ1) is 15.7. The number of rotatable bonds is 4. The van der Waals surface area contributed by atoms with Gasteiger partial charge in [0.2, 0.25) is 0 Å². The van der Waals surface area contributed by atoms with Crippen molar-refractivity contribution in [1.82, 2.24) is 9.88 Å². The summed E-state index contributed by atoms with van der Waals surface area (Å²) < 4.78 is 27.1. The quantitative estimate of drug-likeness (QED) is 0.710. The summed E-state index contributed by atoms with van der Waals surface area (Å²) >= 11 is 0. The van der Waals surface area contributed by atoms with Gasteiger partial charge in [0.15, 0.2) is 0 Å². The lowest BCUT2D eigenvalue weighted by molar-refractivity contribution is 0.0722. The van der Waals surface area contributed by atoms with Crippen molar-refractivity contribution in [3.8, 4) is 0 Å². The van der Waals surface area contributed by atoms with Crippen LogP contribution in [-0.2, 0) is 6.54 Å². The highest BCUT2D eigenvalue weighted by Crippen LogP contribution is 2.30. The Morgan fingerprint density at radius 3 is 2.64 bits per heavy atom. The number of fused-ring (bicyclic) bond motifs is 1. The van der Waals surface area contributed by atoms with E-state index in [1.54, 1.807) is 11.0 Å². The van der Waals surface area contributed by atoms with Crippen LogP contribution >= 0.6 is 0 Å². The molecule has 1 fully saturated rings. The predicted molar refractivity (Wildman–Crippen MR) is 91.0 cm³/mol. The van der Waals surface area contributed by atoms with Gasteiger partial charge in [-0.05, 0) is 31.0 Å². The fourth-order valence-electron chi connectivity index (χ4n) is 2.92. The molecule has 1 heterocycles. The van der Waals surface area contributed by atoms with E-state index in [1.165, 1.54) is 12.1 Å². The van der Waals surface area contributed by atoms with Crippen LogP contribution in [-0.4, -0.2) is 21.8 Å². The molecule has 4 rings (SSSR count). The maximum Gasteiger partial charge on any atom is 0.273 e. The smallest absolute Gasteiger partial charge is 0.273 e. The van der Waals surface area contributed by atoms with E-state index in [4.69, 9.17) is 0 Å². The number of pyridine rings is 1. The van der Waals surface area contributed by atoms with Gasteiger partial charge in [0.05, 0.1) is 5.52 Å². The highest BCUT2D eigenvalue weighted by molar-refractivity contribution is 5.95. The average molecular weight is 338 g/mol. The summed E-state index contributed by atoms with van der Waals surface area (Å²) in [5, 5.41) is 0.960. The molecule has 1 aliphatic rings. The number of nitrogens with zero attached hydrogens (tertiary/aromatic N) is 2. The molecule has 0 aliphatic heterocycles. The first-order chi connectivity index (χ1) is 12.1. The summed E-state index contributed by atoms with van der Waals surface area (Å²) in [6.45, 7) is 0.115. The molecule has 1 aromatic heterocycles. The zero-order chi connectivity index (χ0) is 17.4. The van der Waals surface area contributed by atoms with Crippen LogP contribution in [0.2, 0.25) is 0 Å². The molecular formula is C20H16F2N2O. The second-order valence-corrected chi connectivity index (χ2v) is 6.29. The number of halogens is 2. The monoisotopic (exact) mass is 338 g/mol. The topological polar surface area (TPSA) is 33.2 Å². The number of benzene rings is 2. The Labute approximate surface area is 143 Å². The van der Waals surface area contributed by atoms with Gasteiger partial charge in [-0.3, -0.25) is 4.79 Å². The molecular weight excluding hydrogens is 322 g/mol. The molecule has 0 saturated heterocycles. The molecule has 126 valence electrons.